The van der Waals surface area contributed by atoms with Crippen molar-refractivity contribution >= 4 is 11.3 Å². The van der Waals surface area contributed by atoms with Crippen molar-refractivity contribution in [2.75, 3.05) is 6.54 Å². The van der Waals surface area contributed by atoms with E-state index in [1.54, 1.807) is 17.6 Å². The Bertz CT molecular complexity index is 356. The third-order valence-corrected chi connectivity index (χ3v) is 3.58. The van der Waals surface area contributed by atoms with Gasteiger partial charge in [-0.1, -0.05) is 6.92 Å². The molecule has 0 radical (unpaired) electrons. The molecule has 3 nitrogen and oxygen atoms in total. The quantitative estimate of drug-likeness (QED) is 0.866. The number of hydrogen-bond acceptors (Lipinski definition) is 4. The molecule has 2 atom stereocenters. The zero-order chi connectivity index (χ0) is 11.4. The molecule has 1 N–H and O–H groups in total. The first kappa shape index (κ1) is 11.4. The molecule has 2 unspecified atom stereocenters. The first-order chi connectivity index (χ1) is 7.77. The van der Waals surface area contributed by atoms with Gasteiger partial charge in [-0.05, 0) is 19.1 Å². The predicted molar refractivity (Wildman–Crippen MR) is 65.7 cm³/mol. The smallest absolute Gasteiger partial charge is 0.120 e. The van der Waals surface area contributed by atoms with Crippen LogP contribution in [0.3, 0.4) is 0 Å². The van der Waals surface area contributed by atoms with Gasteiger partial charge in [0.05, 0.1) is 17.3 Å². The first-order valence-corrected chi connectivity index (χ1v) is 6.31. The summed E-state index contributed by atoms with van der Waals surface area (Å²) in [7, 11) is 0. The molecule has 0 fully saturated rings. The van der Waals surface area contributed by atoms with Gasteiger partial charge in [-0.2, -0.15) is 0 Å². The minimum atomic E-state index is 0.248. The molecule has 86 valence electrons. The molecule has 0 spiro atoms. The van der Waals surface area contributed by atoms with Crippen LogP contribution in [0.15, 0.2) is 34.4 Å². The average molecular weight is 236 g/mol. The van der Waals surface area contributed by atoms with Crippen LogP contribution in [0.5, 0.6) is 0 Å². The predicted octanol–water partition coefficient (Wildman–Crippen LogP) is 3.19. The van der Waals surface area contributed by atoms with Crippen molar-refractivity contribution in [2.45, 2.75) is 25.8 Å². The Kier molecular flexibility index (Phi) is 3.74. The summed E-state index contributed by atoms with van der Waals surface area (Å²) in [5, 5.41) is 6.64. The number of nitrogens with one attached hydrogen (secondary N) is 1. The topological polar surface area (TPSA) is 38.1 Å². The van der Waals surface area contributed by atoms with E-state index in [0.717, 1.165) is 12.3 Å². The van der Waals surface area contributed by atoms with Crippen LogP contribution in [0.4, 0.5) is 0 Å². The Hall–Kier alpha value is -1.13. The largest absolute Gasteiger partial charge is 0.468 e. The molecule has 4 heteroatoms. The van der Waals surface area contributed by atoms with Gasteiger partial charge in [-0.15, -0.1) is 11.3 Å². The van der Waals surface area contributed by atoms with Crippen LogP contribution in [0.25, 0.3) is 0 Å². The number of thiazole rings is 1. The number of nitrogens with zero attached hydrogens (tertiary/aromatic N) is 1. The van der Waals surface area contributed by atoms with Gasteiger partial charge in [0.2, 0.25) is 0 Å². The van der Waals surface area contributed by atoms with Crippen LogP contribution in [-0.2, 0) is 0 Å². The normalized spacial score (nSPS) is 14.9. The fourth-order valence-electron chi connectivity index (χ4n) is 1.56. The van der Waals surface area contributed by atoms with E-state index in [4.69, 9.17) is 4.42 Å². The van der Waals surface area contributed by atoms with Crippen molar-refractivity contribution in [2.24, 2.45) is 0 Å². The highest BCUT2D eigenvalue weighted by molar-refractivity contribution is 7.09. The molecule has 0 amide bonds. The van der Waals surface area contributed by atoms with Crippen molar-refractivity contribution in [3.8, 4) is 0 Å². The molecule has 2 rings (SSSR count). The van der Waals surface area contributed by atoms with Crippen LogP contribution in [0.1, 0.15) is 36.6 Å². The fourth-order valence-corrected chi connectivity index (χ4v) is 2.26. The SMILES string of the molecule is CC(CNC(C)c1ccco1)c1nccs1. The third-order valence-electron chi connectivity index (χ3n) is 2.57. The lowest BCUT2D eigenvalue weighted by atomic mass is 10.1. The maximum atomic E-state index is 5.34. The molecule has 2 aromatic heterocycles. The molecular formula is C12H16N2OS. The van der Waals surface area contributed by atoms with Crippen molar-refractivity contribution in [1.82, 2.24) is 10.3 Å². The molecule has 0 saturated heterocycles. The Morgan fingerprint density at radius 3 is 3.00 bits per heavy atom. The van der Waals surface area contributed by atoms with E-state index in [1.165, 1.54) is 5.01 Å². The van der Waals surface area contributed by atoms with E-state index < -0.39 is 0 Å². The minimum Gasteiger partial charge on any atom is -0.468 e. The van der Waals surface area contributed by atoms with Gasteiger partial charge in [0.25, 0.3) is 0 Å². The summed E-state index contributed by atoms with van der Waals surface area (Å²) in [6, 6.07) is 4.15. The summed E-state index contributed by atoms with van der Waals surface area (Å²) in [5.41, 5.74) is 0. The molecule has 2 aromatic rings. The lowest BCUT2D eigenvalue weighted by molar-refractivity contribution is 0.423. The van der Waals surface area contributed by atoms with E-state index in [-0.39, 0.29) is 6.04 Å². The minimum absolute atomic E-state index is 0.248. The van der Waals surface area contributed by atoms with Gasteiger partial charge in [0.15, 0.2) is 0 Å². The summed E-state index contributed by atoms with van der Waals surface area (Å²) in [6.45, 7) is 5.20. The molecule has 0 aliphatic heterocycles. The van der Waals surface area contributed by atoms with Crippen molar-refractivity contribution < 1.29 is 4.42 Å². The van der Waals surface area contributed by atoms with Gasteiger partial charge in [-0.25, -0.2) is 4.98 Å². The Balaban J connectivity index is 1.84. The summed E-state index contributed by atoms with van der Waals surface area (Å²) < 4.78 is 5.34. The van der Waals surface area contributed by atoms with E-state index in [0.29, 0.717) is 5.92 Å². The lowest BCUT2D eigenvalue weighted by Gasteiger charge is -2.14. The third kappa shape index (κ3) is 2.71. The Labute approximate surface area is 99.5 Å². The lowest BCUT2D eigenvalue weighted by Crippen LogP contribution is -2.23. The number of aromatic nitrogens is 1. The Morgan fingerprint density at radius 2 is 2.38 bits per heavy atom. The van der Waals surface area contributed by atoms with E-state index in [2.05, 4.69) is 24.1 Å². The van der Waals surface area contributed by atoms with E-state index in [9.17, 15) is 0 Å². The highest BCUT2D eigenvalue weighted by atomic mass is 32.1. The zero-order valence-corrected chi connectivity index (χ0v) is 10.3. The Morgan fingerprint density at radius 1 is 1.50 bits per heavy atom. The highest BCUT2D eigenvalue weighted by Gasteiger charge is 2.12. The van der Waals surface area contributed by atoms with E-state index >= 15 is 0 Å². The van der Waals surface area contributed by atoms with Gasteiger partial charge in [0.1, 0.15) is 5.76 Å². The molecule has 0 saturated carbocycles. The fraction of sp³-hybridized carbons (Fsp3) is 0.417. The molecule has 0 aliphatic carbocycles. The van der Waals surface area contributed by atoms with Crippen LogP contribution in [-0.4, -0.2) is 11.5 Å². The van der Waals surface area contributed by atoms with Crippen LogP contribution >= 0.6 is 11.3 Å². The van der Waals surface area contributed by atoms with Gasteiger partial charge in [0, 0.05) is 24.0 Å². The molecule has 0 aliphatic rings. The number of rotatable bonds is 5. The van der Waals surface area contributed by atoms with Crippen LogP contribution in [0, 0.1) is 0 Å². The number of furan rings is 1. The summed E-state index contributed by atoms with van der Waals surface area (Å²) in [4.78, 5) is 4.31. The average Bonchev–Trinajstić information content (AvgIpc) is 2.95. The standard InChI is InChI=1S/C12H16N2OS/c1-9(12-13-5-7-16-12)8-14-10(2)11-4-3-6-15-11/h3-7,9-10,14H,8H2,1-2H3. The molecule has 0 bridgehead atoms. The molecule has 2 heterocycles. The second kappa shape index (κ2) is 5.27. The maximum absolute atomic E-state index is 5.34. The van der Waals surface area contributed by atoms with Crippen molar-refractivity contribution in [3.05, 3.63) is 40.7 Å². The second-order valence-electron chi connectivity index (χ2n) is 3.92. The van der Waals surface area contributed by atoms with Crippen molar-refractivity contribution in [1.29, 1.82) is 0 Å². The van der Waals surface area contributed by atoms with Crippen LogP contribution < -0.4 is 5.32 Å². The molecule has 16 heavy (non-hydrogen) atoms. The highest BCUT2D eigenvalue weighted by Crippen LogP contribution is 2.18. The van der Waals surface area contributed by atoms with Gasteiger partial charge >= 0.3 is 0 Å². The summed E-state index contributed by atoms with van der Waals surface area (Å²) in [6.07, 6.45) is 3.56. The van der Waals surface area contributed by atoms with Gasteiger partial charge in [-0.3, -0.25) is 0 Å². The monoisotopic (exact) mass is 236 g/mol. The summed E-state index contributed by atoms with van der Waals surface area (Å²) in [5.74, 6) is 1.42. The van der Waals surface area contributed by atoms with Gasteiger partial charge < -0.3 is 9.73 Å². The maximum Gasteiger partial charge on any atom is 0.120 e. The first-order valence-electron chi connectivity index (χ1n) is 5.43. The number of hydrogen-bond donors (Lipinski definition) is 1. The van der Waals surface area contributed by atoms with Crippen molar-refractivity contribution in [3.63, 3.8) is 0 Å². The van der Waals surface area contributed by atoms with Crippen LogP contribution in [0.2, 0.25) is 0 Å². The molecular weight excluding hydrogens is 220 g/mol. The zero-order valence-electron chi connectivity index (χ0n) is 9.51. The van der Waals surface area contributed by atoms with E-state index in [1.807, 2.05) is 23.7 Å². The molecule has 0 aromatic carbocycles. The summed E-state index contributed by atoms with van der Waals surface area (Å²) >= 11 is 1.71. The second-order valence-corrected chi connectivity index (χ2v) is 4.84.